The Morgan fingerprint density at radius 2 is 1.52 bits per heavy atom. The van der Waals surface area contributed by atoms with Gasteiger partial charge in [0.1, 0.15) is 11.0 Å². The largest absolute Gasteiger partial charge is 0.378 e. The Kier molecular flexibility index (Phi) is 4.04. The van der Waals surface area contributed by atoms with Crippen molar-refractivity contribution in [1.82, 2.24) is 14.4 Å². The lowest BCUT2D eigenvalue weighted by Gasteiger charge is -2.13. The van der Waals surface area contributed by atoms with Crippen LogP contribution in [0.4, 0.5) is 5.69 Å². The number of anilines is 1. The lowest BCUT2D eigenvalue weighted by atomic mass is 10.1. The minimum absolute atomic E-state index is 0.960. The van der Waals surface area contributed by atoms with Crippen LogP contribution in [0.25, 0.3) is 49.4 Å². The van der Waals surface area contributed by atoms with E-state index in [9.17, 15) is 0 Å². The molecule has 0 saturated heterocycles. The van der Waals surface area contributed by atoms with E-state index in [-0.39, 0.29) is 0 Å². The Morgan fingerprint density at radius 3 is 2.29 bits per heavy atom. The first-order valence-corrected chi connectivity index (χ1v) is 11.1. The fourth-order valence-corrected chi connectivity index (χ4v) is 5.04. The summed E-state index contributed by atoms with van der Waals surface area (Å²) in [5.74, 6) is 0. The molecular formula is C26H20N4S. The second kappa shape index (κ2) is 6.93. The number of benzene rings is 3. The predicted octanol–water partition coefficient (Wildman–Crippen LogP) is 6.50. The molecule has 150 valence electrons. The molecule has 0 fully saturated rings. The first kappa shape index (κ1) is 18.1. The van der Waals surface area contributed by atoms with Gasteiger partial charge in [0.05, 0.1) is 16.9 Å². The van der Waals surface area contributed by atoms with Gasteiger partial charge in [-0.15, -0.1) is 11.3 Å². The summed E-state index contributed by atoms with van der Waals surface area (Å²) in [6.45, 7) is 0. The zero-order chi connectivity index (χ0) is 20.9. The van der Waals surface area contributed by atoms with Gasteiger partial charge in [0.15, 0.2) is 4.96 Å². The lowest BCUT2D eigenvalue weighted by molar-refractivity contribution is 1.13. The normalized spacial score (nSPS) is 11.5. The van der Waals surface area contributed by atoms with Crippen molar-refractivity contribution in [2.45, 2.75) is 0 Å². The van der Waals surface area contributed by atoms with Crippen LogP contribution >= 0.6 is 11.3 Å². The summed E-state index contributed by atoms with van der Waals surface area (Å²) in [5, 5.41) is 3.27. The number of imidazole rings is 1. The molecule has 0 amide bonds. The smallest absolute Gasteiger partial charge is 0.195 e. The van der Waals surface area contributed by atoms with Crippen molar-refractivity contribution in [3.63, 3.8) is 0 Å². The fourth-order valence-electron chi connectivity index (χ4n) is 4.14. The maximum absolute atomic E-state index is 5.12. The van der Waals surface area contributed by atoms with Crippen LogP contribution in [0.1, 0.15) is 0 Å². The zero-order valence-electron chi connectivity index (χ0n) is 17.3. The quantitative estimate of drug-likeness (QED) is 0.328. The van der Waals surface area contributed by atoms with Gasteiger partial charge in [-0.3, -0.25) is 4.40 Å². The standard InChI is InChI=1S/C26H20N4S/c1-29(2)19-14-12-18(13-15-19)23-25-24(20-10-6-7-11-21(20)27-23)28-26-30(25)22(16-31-26)17-8-4-3-5-9-17/h3-16H,1-2H3. The van der Waals surface area contributed by atoms with Crippen LogP contribution in [-0.4, -0.2) is 28.5 Å². The third-order valence-corrected chi connectivity index (χ3v) is 6.53. The molecule has 0 aliphatic rings. The number of hydrogen-bond acceptors (Lipinski definition) is 4. The average Bonchev–Trinajstić information content (AvgIpc) is 3.39. The molecule has 3 aromatic heterocycles. The average molecular weight is 421 g/mol. The molecule has 0 atom stereocenters. The Balaban J connectivity index is 1.73. The second-order valence-corrected chi connectivity index (χ2v) is 8.67. The number of hydrogen-bond donors (Lipinski definition) is 0. The third kappa shape index (κ3) is 2.81. The molecule has 5 heteroatoms. The Bertz CT molecular complexity index is 1540. The van der Waals surface area contributed by atoms with Crippen molar-refractivity contribution in [2.24, 2.45) is 0 Å². The van der Waals surface area contributed by atoms with Crippen LogP contribution < -0.4 is 4.90 Å². The number of rotatable bonds is 3. The molecule has 4 nitrogen and oxygen atoms in total. The maximum atomic E-state index is 5.12. The summed E-state index contributed by atoms with van der Waals surface area (Å²) < 4.78 is 2.27. The summed E-state index contributed by atoms with van der Waals surface area (Å²) in [5.41, 5.74) is 8.57. The van der Waals surface area contributed by atoms with E-state index < -0.39 is 0 Å². The number of para-hydroxylation sites is 1. The molecule has 0 N–H and O–H groups in total. The van der Waals surface area contributed by atoms with Gasteiger partial charge in [0.25, 0.3) is 0 Å². The van der Waals surface area contributed by atoms with Crippen LogP contribution in [-0.2, 0) is 0 Å². The van der Waals surface area contributed by atoms with Gasteiger partial charge in [-0.2, -0.15) is 0 Å². The van der Waals surface area contributed by atoms with Crippen LogP contribution in [0, 0.1) is 0 Å². The molecule has 0 aliphatic heterocycles. The molecule has 3 aromatic carbocycles. The molecule has 0 bridgehead atoms. The highest BCUT2D eigenvalue weighted by Crippen LogP contribution is 2.37. The van der Waals surface area contributed by atoms with Crippen molar-refractivity contribution < 1.29 is 0 Å². The van der Waals surface area contributed by atoms with Gasteiger partial charge in [-0.25, -0.2) is 9.97 Å². The Morgan fingerprint density at radius 1 is 0.774 bits per heavy atom. The summed E-state index contributed by atoms with van der Waals surface area (Å²) in [4.78, 5) is 13.3. The first-order valence-electron chi connectivity index (χ1n) is 10.2. The van der Waals surface area contributed by atoms with Crippen molar-refractivity contribution in [1.29, 1.82) is 0 Å². The molecule has 3 heterocycles. The molecule has 6 rings (SSSR count). The van der Waals surface area contributed by atoms with E-state index in [0.717, 1.165) is 43.8 Å². The van der Waals surface area contributed by atoms with E-state index in [1.165, 1.54) is 11.3 Å². The lowest BCUT2D eigenvalue weighted by Crippen LogP contribution is -2.08. The van der Waals surface area contributed by atoms with Gasteiger partial charge in [-0.1, -0.05) is 60.7 Å². The molecular weight excluding hydrogens is 400 g/mol. The highest BCUT2D eigenvalue weighted by molar-refractivity contribution is 7.15. The van der Waals surface area contributed by atoms with E-state index in [4.69, 9.17) is 9.97 Å². The van der Waals surface area contributed by atoms with Crippen LogP contribution in [0.5, 0.6) is 0 Å². The van der Waals surface area contributed by atoms with Gasteiger partial charge in [0, 0.05) is 36.1 Å². The Hall–Kier alpha value is -3.70. The molecule has 0 radical (unpaired) electrons. The van der Waals surface area contributed by atoms with E-state index in [2.05, 4.69) is 95.5 Å². The minimum Gasteiger partial charge on any atom is -0.378 e. The summed E-state index contributed by atoms with van der Waals surface area (Å²) in [6, 6.07) is 27.4. The Labute approximate surface area is 184 Å². The molecule has 6 aromatic rings. The molecule has 0 unspecified atom stereocenters. The number of aromatic nitrogens is 3. The van der Waals surface area contributed by atoms with Crippen LogP contribution in [0.2, 0.25) is 0 Å². The van der Waals surface area contributed by atoms with Crippen molar-refractivity contribution in [3.05, 3.63) is 84.2 Å². The zero-order valence-corrected chi connectivity index (χ0v) is 18.1. The summed E-state index contributed by atoms with van der Waals surface area (Å²) >= 11 is 1.67. The van der Waals surface area contributed by atoms with E-state index in [1.807, 2.05) is 12.1 Å². The number of thiazole rings is 1. The second-order valence-electron chi connectivity index (χ2n) is 7.83. The van der Waals surface area contributed by atoms with Gasteiger partial charge in [-0.05, 0) is 23.8 Å². The minimum atomic E-state index is 0.960. The van der Waals surface area contributed by atoms with Crippen LogP contribution in [0.3, 0.4) is 0 Å². The predicted molar refractivity (Wildman–Crippen MR) is 131 cm³/mol. The van der Waals surface area contributed by atoms with Crippen molar-refractivity contribution in [3.8, 4) is 22.5 Å². The van der Waals surface area contributed by atoms with Crippen LogP contribution in [0.15, 0.2) is 84.2 Å². The van der Waals surface area contributed by atoms with Crippen molar-refractivity contribution >= 4 is 43.9 Å². The van der Waals surface area contributed by atoms with Gasteiger partial charge >= 0.3 is 0 Å². The van der Waals surface area contributed by atoms with E-state index >= 15 is 0 Å². The highest BCUT2D eigenvalue weighted by atomic mass is 32.1. The first-order chi connectivity index (χ1) is 15.2. The van der Waals surface area contributed by atoms with E-state index in [0.29, 0.717) is 0 Å². The molecule has 31 heavy (non-hydrogen) atoms. The fraction of sp³-hybridized carbons (Fsp3) is 0.0769. The van der Waals surface area contributed by atoms with Gasteiger partial charge < -0.3 is 4.90 Å². The summed E-state index contributed by atoms with van der Waals surface area (Å²) in [6.07, 6.45) is 0. The van der Waals surface area contributed by atoms with Crippen molar-refractivity contribution in [2.75, 3.05) is 19.0 Å². The van der Waals surface area contributed by atoms with Gasteiger partial charge in [0.2, 0.25) is 0 Å². The number of fused-ring (bicyclic) bond motifs is 5. The highest BCUT2D eigenvalue weighted by Gasteiger charge is 2.20. The third-order valence-electron chi connectivity index (χ3n) is 5.71. The topological polar surface area (TPSA) is 33.4 Å². The number of nitrogens with zero attached hydrogens (tertiary/aromatic N) is 4. The maximum Gasteiger partial charge on any atom is 0.195 e. The SMILES string of the molecule is CN(C)c1ccc(-c2nc3ccccc3c3nc4scc(-c5ccccc5)n4c23)cc1. The molecule has 0 aliphatic carbocycles. The van der Waals surface area contributed by atoms with E-state index in [1.54, 1.807) is 11.3 Å². The summed E-state index contributed by atoms with van der Waals surface area (Å²) in [7, 11) is 4.11. The number of pyridine rings is 1. The molecule has 0 spiro atoms. The monoisotopic (exact) mass is 420 g/mol. The molecule has 0 saturated carbocycles.